The minimum atomic E-state index is 0.0263. The van der Waals surface area contributed by atoms with Crippen molar-refractivity contribution in [1.29, 1.82) is 0 Å². The van der Waals surface area contributed by atoms with Crippen molar-refractivity contribution in [3.05, 3.63) is 30.5 Å². The highest BCUT2D eigenvalue weighted by Crippen LogP contribution is 2.20. The summed E-state index contributed by atoms with van der Waals surface area (Å²) in [6.45, 7) is 0.270. The summed E-state index contributed by atoms with van der Waals surface area (Å²) < 4.78 is 0. The first-order valence-corrected chi connectivity index (χ1v) is 6.06. The fourth-order valence-corrected chi connectivity index (χ4v) is 1.83. The average molecular weight is 242 g/mol. The Hall–Kier alpha value is -2.17. The Balaban J connectivity index is 1.71. The molecule has 3 rings (SSSR count). The Morgan fingerprint density at radius 2 is 2.17 bits per heavy atom. The van der Waals surface area contributed by atoms with Crippen LogP contribution in [0.2, 0.25) is 0 Å². The van der Waals surface area contributed by atoms with Crippen molar-refractivity contribution in [2.24, 2.45) is 0 Å². The zero-order valence-electron chi connectivity index (χ0n) is 9.89. The van der Waals surface area contributed by atoms with Crippen molar-refractivity contribution < 1.29 is 4.79 Å². The molecule has 0 saturated heterocycles. The van der Waals surface area contributed by atoms with E-state index in [9.17, 15) is 4.79 Å². The molecule has 2 aromatic rings. The summed E-state index contributed by atoms with van der Waals surface area (Å²) in [4.78, 5) is 11.6. The lowest BCUT2D eigenvalue weighted by atomic mass is 10.2. The maximum atomic E-state index is 11.6. The van der Waals surface area contributed by atoms with Crippen LogP contribution in [0.15, 0.2) is 30.5 Å². The third-order valence-electron chi connectivity index (χ3n) is 2.93. The number of amides is 1. The number of carbonyl (C=O) groups is 1. The zero-order chi connectivity index (χ0) is 12.4. The quantitative estimate of drug-likeness (QED) is 0.848. The molecule has 5 heteroatoms. The molecule has 18 heavy (non-hydrogen) atoms. The molecule has 0 bridgehead atoms. The molecule has 1 amide bonds. The van der Waals surface area contributed by atoms with Crippen LogP contribution in [0.1, 0.15) is 12.8 Å². The molecule has 1 heterocycles. The van der Waals surface area contributed by atoms with E-state index in [1.165, 1.54) is 0 Å². The van der Waals surface area contributed by atoms with Gasteiger partial charge >= 0.3 is 0 Å². The van der Waals surface area contributed by atoms with Gasteiger partial charge in [-0.05, 0) is 18.9 Å². The molecule has 1 aromatic heterocycles. The van der Waals surface area contributed by atoms with Gasteiger partial charge in [0.1, 0.15) is 0 Å². The number of hydrogen-bond acceptors (Lipinski definition) is 4. The molecule has 0 aliphatic heterocycles. The lowest BCUT2D eigenvalue weighted by Crippen LogP contribution is -2.31. The highest BCUT2D eigenvalue weighted by molar-refractivity contribution is 5.92. The highest BCUT2D eigenvalue weighted by atomic mass is 16.2. The summed E-state index contributed by atoms with van der Waals surface area (Å²) in [5.74, 6) is 0.0263. The minimum Gasteiger partial charge on any atom is -0.374 e. The van der Waals surface area contributed by atoms with Crippen LogP contribution >= 0.6 is 0 Å². The number of nitrogens with zero attached hydrogens (tertiary/aromatic N) is 2. The van der Waals surface area contributed by atoms with Gasteiger partial charge in [-0.3, -0.25) is 4.79 Å². The zero-order valence-corrected chi connectivity index (χ0v) is 9.89. The van der Waals surface area contributed by atoms with Gasteiger partial charge in [0.05, 0.1) is 23.9 Å². The second-order valence-corrected chi connectivity index (χ2v) is 4.47. The second-order valence-electron chi connectivity index (χ2n) is 4.47. The average Bonchev–Trinajstić information content (AvgIpc) is 3.20. The fraction of sp³-hybridized carbons (Fsp3) is 0.308. The van der Waals surface area contributed by atoms with Crippen LogP contribution in [0.5, 0.6) is 0 Å². The number of anilines is 1. The maximum absolute atomic E-state index is 11.6. The normalized spacial score (nSPS) is 14.4. The molecule has 1 aliphatic rings. The van der Waals surface area contributed by atoms with Gasteiger partial charge in [0, 0.05) is 11.4 Å². The first kappa shape index (κ1) is 11.0. The Bertz CT molecular complexity index is 575. The van der Waals surface area contributed by atoms with Crippen LogP contribution in [-0.2, 0) is 4.79 Å². The number of nitrogens with one attached hydrogen (secondary N) is 2. The van der Waals surface area contributed by atoms with Crippen molar-refractivity contribution in [2.75, 3.05) is 11.9 Å². The van der Waals surface area contributed by atoms with Crippen LogP contribution in [-0.4, -0.2) is 28.7 Å². The molecule has 0 atom stereocenters. The summed E-state index contributed by atoms with van der Waals surface area (Å²) >= 11 is 0. The Morgan fingerprint density at radius 3 is 3.00 bits per heavy atom. The van der Waals surface area contributed by atoms with Crippen LogP contribution in [0.4, 0.5) is 5.69 Å². The number of rotatable bonds is 4. The number of hydrogen-bond donors (Lipinski definition) is 2. The summed E-state index contributed by atoms with van der Waals surface area (Å²) in [5, 5.41) is 15.0. The van der Waals surface area contributed by atoms with Gasteiger partial charge < -0.3 is 10.6 Å². The summed E-state index contributed by atoms with van der Waals surface area (Å²) in [6, 6.07) is 8.12. The van der Waals surface area contributed by atoms with E-state index in [0.29, 0.717) is 6.04 Å². The van der Waals surface area contributed by atoms with Crippen LogP contribution < -0.4 is 10.6 Å². The largest absolute Gasteiger partial charge is 0.374 e. The van der Waals surface area contributed by atoms with Crippen LogP contribution in [0.25, 0.3) is 10.9 Å². The van der Waals surface area contributed by atoms with Crippen molar-refractivity contribution in [3.8, 4) is 0 Å². The van der Waals surface area contributed by atoms with Crippen LogP contribution in [0, 0.1) is 0 Å². The predicted octanol–water partition coefficient (Wildman–Crippen LogP) is 1.32. The first-order valence-electron chi connectivity index (χ1n) is 6.06. The van der Waals surface area contributed by atoms with E-state index in [-0.39, 0.29) is 12.5 Å². The third kappa shape index (κ3) is 2.40. The van der Waals surface area contributed by atoms with Gasteiger partial charge in [0.15, 0.2) is 0 Å². The van der Waals surface area contributed by atoms with Crippen LogP contribution in [0.3, 0.4) is 0 Å². The monoisotopic (exact) mass is 242 g/mol. The molecule has 1 saturated carbocycles. The minimum absolute atomic E-state index is 0.0263. The van der Waals surface area contributed by atoms with E-state index in [4.69, 9.17) is 0 Å². The molecule has 5 nitrogen and oxygen atoms in total. The fourth-order valence-electron chi connectivity index (χ4n) is 1.83. The summed E-state index contributed by atoms with van der Waals surface area (Å²) in [5.41, 5.74) is 1.66. The summed E-state index contributed by atoms with van der Waals surface area (Å²) in [6.07, 6.45) is 3.85. The van der Waals surface area contributed by atoms with E-state index in [0.717, 1.165) is 29.4 Å². The van der Waals surface area contributed by atoms with Gasteiger partial charge in [-0.2, -0.15) is 10.2 Å². The molecule has 0 unspecified atom stereocenters. The van der Waals surface area contributed by atoms with Crippen molar-refractivity contribution in [2.45, 2.75) is 18.9 Å². The molecule has 2 N–H and O–H groups in total. The number of fused-ring (bicyclic) bond motifs is 1. The topological polar surface area (TPSA) is 66.9 Å². The van der Waals surface area contributed by atoms with Crippen molar-refractivity contribution in [3.63, 3.8) is 0 Å². The molecular weight excluding hydrogens is 228 g/mol. The smallest absolute Gasteiger partial charge is 0.239 e. The lowest BCUT2D eigenvalue weighted by molar-refractivity contribution is -0.119. The second kappa shape index (κ2) is 4.60. The molecule has 92 valence electrons. The Labute approximate surface area is 105 Å². The van der Waals surface area contributed by atoms with Gasteiger partial charge in [-0.25, -0.2) is 0 Å². The summed E-state index contributed by atoms with van der Waals surface area (Å²) in [7, 11) is 0. The van der Waals surface area contributed by atoms with E-state index >= 15 is 0 Å². The van der Waals surface area contributed by atoms with Gasteiger partial charge in [0.25, 0.3) is 0 Å². The van der Waals surface area contributed by atoms with E-state index < -0.39 is 0 Å². The highest BCUT2D eigenvalue weighted by Gasteiger charge is 2.22. The Kier molecular flexibility index (Phi) is 2.80. The first-order chi connectivity index (χ1) is 8.83. The SMILES string of the molecule is O=C(CNc1cnnc2ccccc12)NC1CC1. The molecule has 1 aromatic carbocycles. The van der Waals surface area contributed by atoms with Gasteiger partial charge in [-0.1, -0.05) is 18.2 Å². The third-order valence-corrected chi connectivity index (χ3v) is 2.93. The number of benzene rings is 1. The number of aromatic nitrogens is 2. The molecule has 0 radical (unpaired) electrons. The van der Waals surface area contributed by atoms with E-state index in [2.05, 4.69) is 20.8 Å². The lowest BCUT2D eigenvalue weighted by Gasteiger charge is -2.08. The molecule has 0 spiro atoms. The standard InChI is InChI=1S/C13H14N4O/c18-13(16-9-5-6-9)8-14-12-7-15-17-11-4-2-1-3-10(11)12/h1-4,7,9H,5-6,8H2,(H,14,17)(H,16,18). The Morgan fingerprint density at radius 1 is 1.33 bits per heavy atom. The van der Waals surface area contributed by atoms with Gasteiger partial charge in [0.2, 0.25) is 5.91 Å². The van der Waals surface area contributed by atoms with E-state index in [1.807, 2.05) is 24.3 Å². The maximum Gasteiger partial charge on any atom is 0.239 e. The van der Waals surface area contributed by atoms with Crippen molar-refractivity contribution >= 4 is 22.5 Å². The molecule has 1 fully saturated rings. The van der Waals surface area contributed by atoms with Crippen molar-refractivity contribution in [1.82, 2.24) is 15.5 Å². The predicted molar refractivity (Wildman–Crippen MR) is 69.2 cm³/mol. The van der Waals surface area contributed by atoms with Gasteiger partial charge in [-0.15, -0.1) is 0 Å². The number of carbonyl (C=O) groups excluding carboxylic acids is 1. The molecule has 1 aliphatic carbocycles. The van der Waals surface area contributed by atoms with E-state index in [1.54, 1.807) is 6.20 Å². The molecular formula is C13H14N4O.